The van der Waals surface area contributed by atoms with Crippen molar-refractivity contribution in [2.24, 2.45) is 0 Å². The summed E-state index contributed by atoms with van der Waals surface area (Å²) >= 11 is 1.14. The third-order valence-electron chi connectivity index (χ3n) is 5.15. The summed E-state index contributed by atoms with van der Waals surface area (Å²) in [5, 5.41) is 10.5. The third kappa shape index (κ3) is 5.97. The lowest BCUT2D eigenvalue weighted by atomic mass is 10.1. The van der Waals surface area contributed by atoms with E-state index in [0.717, 1.165) is 17.8 Å². The number of H-pyrrole nitrogens is 1. The van der Waals surface area contributed by atoms with Gasteiger partial charge in [-0.2, -0.15) is 13.2 Å². The Hall–Kier alpha value is -3.32. The lowest BCUT2D eigenvalue weighted by Gasteiger charge is -2.34. The van der Waals surface area contributed by atoms with Crippen molar-refractivity contribution in [1.29, 1.82) is 0 Å². The normalized spacial score (nSPS) is 14.9. The summed E-state index contributed by atoms with van der Waals surface area (Å²) in [6, 6.07) is 8.45. The summed E-state index contributed by atoms with van der Waals surface area (Å²) in [5.74, 6) is -0.181. The van der Waals surface area contributed by atoms with Gasteiger partial charge in [0.25, 0.3) is 11.1 Å². The predicted molar refractivity (Wildman–Crippen MR) is 118 cm³/mol. The Balaban J connectivity index is 1.21. The number of benzene rings is 1. The number of carbonyl (C=O) groups is 2. The number of alkyl halides is 3. The number of hydrogen-bond acceptors (Lipinski definition) is 7. The van der Waals surface area contributed by atoms with Crippen molar-refractivity contribution in [2.45, 2.75) is 11.4 Å². The fraction of sp³-hybridized carbons (Fsp3) is 0.333. The summed E-state index contributed by atoms with van der Waals surface area (Å²) in [6.45, 7) is 1.61. The van der Waals surface area contributed by atoms with Crippen LogP contribution in [0.3, 0.4) is 0 Å². The van der Waals surface area contributed by atoms with Crippen LogP contribution in [-0.2, 0) is 15.8 Å². The third-order valence-corrected chi connectivity index (χ3v) is 5.96. The van der Waals surface area contributed by atoms with Gasteiger partial charge < -0.3 is 19.6 Å². The van der Waals surface area contributed by atoms with E-state index in [9.17, 15) is 22.8 Å². The van der Waals surface area contributed by atoms with E-state index >= 15 is 0 Å². The number of rotatable bonds is 7. The predicted octanol–water partition coefficient (Wildman–Crippen LogP) is 2.96. The Bertz CT molecular complexity index is 1130. The lowest BCUT2D eigenvalue weighted by Crippen LogP contribution is -2.50. The molecular weight excluding hydrogens is 473 g/mol. The molecule has 0 atom stereocenters. The van der Waals surface area contributed by atoms with Crippen LogP contribution < -0.4 is 5.32 Å². The molecule has 9 nitrogen and oxygen atoms in total. The van der Waals surface area contributed by atoms with Gasteiger partial charge in [0.15, 0.2) is 0 Å². The van der Waals surface area contributed by atoms with Gasteiger partial charge >= 0.3 is 6.18 Å². The quantitative estimate of drug-likeness (QED) is 0.487. The van der Waals surface area contributed by atoms with E-state index in [1.165, 1.54) is 18.2 Å². The van der Waals surface area contributed by atoms with Crippen molar-refractivity contribution >= 4 is 29.3 Å². The highest BCUT2D eigenvalue weighted by Crippen LogP contribution is 2.34. The Morgan fingerprint density at radius 1 is 1.09 bits per heavy atom. The Kier molecular flexibility index (Phi) is 7.22. The van der Waals surface area contributed by atoms with Crippen molar-refractivity contribution in [2.75, 3.05) is 43.8 Å². The van der Waals surface area contributed by atoms with Crippen LogP contribution in [-0.4, -0.2) is 75.3 Å². The number of nitrogens with zero attached hydrogens (tertiary/aromatic N) is 4. The number of piperazine rings is 1. The number of hydrogen-bond donors (Lipinski definition) is 2. The molecule has 1 aliphatic rings. The van der Waals surface area contributed by atoms with Crippen molar-refractivity contribution in [3.8, 4) is 11.6 Å². The highest BCUT2D eigenvalue weighted by atomic mass is 32.2. The van der Waals surface area contributed by atoms with Gasteiger partial charge in [0.1, 0.15) is 5.69 Å². The second-order valence-corrected chi connectivity index (χ2v) is 8.42. The minimum absolute atomic E-state index is 0.0630. The van der Waals surface area contributed by atoms with Gasteiger partial charge in [-0.15, -0.1) is 10.2 Å². The minimum atomic E-state index is -4.56. The first-order valence-corrected chi connectivity index (χ1v) is 11.3. The molecule has 2 N–H and O–H groups in total. The summed E-state index contributed by atoms with van der Waals surface area (Å²) in [5.41, 5.74) is -0.475. The van der Waals surface area contributed by atoms with Crippen molar-refractivity contribution in [3.05, 3.63) is 48.2 Å². The molecule has 0 unspecified atom stereocenters. The first kappa shape index (κ1) is 23.8. The van der Waals surface area contributed by atoms with Gasteiger partial charge in [0.05, 0.1) is 23.5 Å². The van der Waals surface area contributed by atoms with Crippen LogP contribution in [0.15, 0.2) is 52.2 Å². The number of aromatic nitrogens is 3. The summed E-state index contributed by atoms with van der Waals surface area (Å²) in [7, 11) is 0. The van der Waals surface area contributed by atoms with Gasteiger partial charge in [-0.1, -0.05) is 23.9 Å². The molecule has 0 radical (unpaired) electrons. The average Bonchev–Trinajstić information content (AvgIpc) is 3.49. The van der Waals surface area contributed by atoms with E-state index in [4.69, 9.17) is 4.42 Å². The smallest absolute Gasteiger partial charge is 0.410 e. The molecule has 0 saturated carbocycles. The Morgan fingerprint density at radius 2 is 1.85 bits per heavy atom. The molecule has 1 fully saturated rings. The molecule has 34 heavy (non-hydrogen) atoms. The second kappa shape index (κ2) is 10.3. The highest BCUT2D eigenvalue weighted by Gasteiger charge is 2.33. The van der Waals surface area contributed by atoms with Crippen molar-refractivity contribution < 1.29 is 27.2 Å². The molecule has 4 rings (SSSR count). The van der Waals surface area contributed by atoms with Crippen LogP contribution in [0.5, 0.6) is 0 Å². The summed E-state index contributed by atoms with van der Waals surface area (Å²) in [4.78, 5) is 31.2. The van der Waals surface area contributed by atoms with E-state index in [1.54, 1.807) is 28.1 Å². The molecule has 1 aromatic carbocycles. The molecule has 1 aliphatic heterocycles. The van der Waals surface area contributed by atoms with Gasteiger partial charge in [0, 0.05) is 32.4 Å². The van der Waals surface area contributed by atoms with Crippen LogP contribution in [0.1, 0.15) is 5.56 Å². The number of anilines is 1. The number of amides is 2. The van der Waals surface area contributed by atoms with Crippen LogP contribution in [0.4, 0.5) is 18.9 Å². The molecule has 2 amide bonds. The summed E-state index contributed by atoms with van der Waals surface area (Å²) in [6.07, 6.45) is -2.82. The van der Waals surface area contributed by atoms with E-state index in [2.05, 4.69) is 20.5 Å². The molecule has 0 aliphatic carbocycles. The fourth-order valence-corrected chi connectivity index (χ4v) is 4.11. The molecule has 1 saturated heterocycles. The maximum atomic E-state index is 13.1. The maximum absolute atomic E-state index is 13.1. The topological polar surface area (TPSA) is 107 Å². The number of thioether (sulfide) groups is 1. The van der Waals surface area contributed by atoms with Crippen LogP contribution in [0.25, 0.3) is 11.6 Å². The average molecular weight is 494 g/mol. The lowest BCUT2D eigenvalue weighted by molar-refractivity contribution is -0.137. The molecule has 0 bridgehead atoms. The van der Waals surface area contributed by atoms with Crippen LogP contribution in [0.2, 0.25) is 0 Å². The van der Waals surface area contributed by atoms with Gasteiger partial charge in [-0.05, 0) is 24.3 Å². The first-order valence-electron chi connectivity index (χ1n) is 10.4. The number of halogens is 3. The first-order chi connectivity index (χ1) is 16.3. The molecule has 3 aromatic rings. The molecule has 2 aromatic heterocycles. The fourth-order valence-electron chi connectivity index (χ4n) is 3.44. The van der Waals surface area contributed by atoms with Crippen LogP contribution in [0, 0.1) is 0 Å². The maximum Gasteiger partial charge on any atom is 0.418 e. The molecule has 0 spiro atoms. The monoisotopic (exact) mass is 494 g/mol. The second-order valence-electron chi connectivity index (χ2n) is 7.49. The Morgan fingerprint density at radius 3 is 2.56 bits per heavy atom. The standard InChI is InChI=1S/C21H21F3N6O3S/c22-21(23,24)14-4-1-2-5-15(14)26-17(31)12-29-8-10-30(11-9-29)18(32)13-34-20-28-27-19(33-20)16-6-3-7-25-16/h1-7,25H,8-13H2,(H,26,31). The molecule has 3 heterocycles. The number of nitrogens with one attached hydrogen (secondary N) is 2. The van der Waals surface area contributed by atoms with Crippen molar-refractivity contribution in [3.63, 3.8) is 0 Å². The zero-order valence-corrected chi connectivity index (χ0v) is 18.7. The van der Waals surface area contributed by atoms with E-state index in [1.807, 2.05) is 0 Å². The number of aromatic amines is 1. The largest absolute Gasteiger partial charge is 0.418 e. The summed E-state index contributed by atoms with van der Waals surface area (Å²) < 4.78 is 44.8. The van der Waals surface area contributed by atoms with Crippen molar-refractivity contribution in [1.82, 2.24) is 25.0 Å². The van der Waals surface area contributed by atoms with Gasteiger partial charge in [-0.3, -0.25) is 14.5 Å². The Labute approximate surface area is 196 Å². The highest BCUT2D eigenvalue weighted by molar-refractivity contribution is 7.99. The van der Waals surface area contributed by atoms with Gasteiger partial charge in [-0.25, -0.2) is 0 Å². The zero-order chi connectivity index (χ0) is 24.1. The molecule has 13 heteroatoms. The minimum Gasteiger partial charge on any atom is -0.410 e. The van der Waals surface area contributed by atoms with E-state index in [0.29, 0.717) is 37.8 Å². The number of para-hydroxylation sites is 1. The van der Waals surface area contributed by atoms with Gasteiger partial charge in [0.2, 0.25) is 11.8 Å². The van der Waals surface area contributed by atoms with Crippen LogP contribution >= 0.6 is 11.8 Å². The molecule has 180 valence electrons. The van der Waals surface area contributed by atoms with E-state index < -0.39 is 17.6 Å². The zero-order valence-electron chi connectivity index (χ0n) is 17.8. The van der Waals surface area contributed by atoms with E-state index in [-0.39, 0.29) is 29.1 Å². The molecular formula is C21H21F3N6O3S. The number of carbonyl (C=O) groups excluding carboxylic acids is 2. The SMILES string of the molecule is O=C(CN1CCN(C(=O)CSc2nnc(-c3ccc[nH]3)o2)CC1)Nc1ccccc1C(F)(F)F.